The second kappa shape index (κ2) is 12.3. The van der Waals surface area contributed by atoms with Gasteiger partial charge in [0.1, 0.15) is 11.0 Å². The number of aliphatic hydroxyl groups is 1. The highest BCUT2D eigenvalue weighted by Gasteiger charge is 2.32. The number of sulfonamides is 1. The maximum atomic E-state index is 13.3. The zero-order valence-corrected chi connectivity index (χ0v) is 20.4. The number of pyridine rings is 1. The van der Waals surface area contributed by atoms with Crippen molar-refractivity contribution in [1.82, 2.24) is 14.6 Å². The number of ether oxygens (including phenoxy) is 2. The Morgan fingerprint density at radius 2 is 2.00 bits per heavy atom. The van der Waals surface area contributed by atoms with Crippen LogP contribution in [0.25, 0.3) is 0 Å². The molecule has 1 aliphatic rings. The van der Waals surface area contributed by atoms with Crippen LogP contribution in [-0.4, -0.2) is 73.5 Å². The third-order valence-electron chi connectivity index (χ3n) is 5.46. The smallest absolute Gasteiger partial charge is 0.407 e. The number of nitrogens with one attached hydrogen (secondary N) is 1. The maximum Gasteiger partial charge on any atom is 0.407 e. The van der Waals surface area contributed by atoms with Crippen molar-refractivity contribution in [3.63, 3.8) is 0 Å². The summed E-state index contributed by atoms with van der Waals surface area (Å²) >= 11 is 0. The molecule has 3 rings (SSSR count). The number of aromatic nitrogens is 1. The first-order valence-electron chi connectivity index (χ1n) is 11.4. The average molecular weight is 492 g/mol. The van der Waals surface area contributed by atoms with Gasteiger partial charge in [0.05, 0.1) is 25.4 Å². The summed E-state index contributed by atoms with van der Waals surface area (Å²) in [7, 11) is -3.89. The molecule has 186 valence electrons. The lowest BCUT2D eigenvalue weighted by molar-refractivity contribution is 0.0644. The third kappa shape index (κ3) is 7.49. The fourth-order valence-electron chi connectivity index (χ4n) is 3.76. The monoisotopic (exact) mass is 491 g/mol. The van der Waals surface area contributed by atoms with E-state index in [4.69, 9.17) is 9.47 Å². The van der Waals surface area contributed by atoms with E-state index in [0.717, 1.165) is 5.56 Å². The number of alkyl carbamates (subject to hydrolysis) is 1. The maximum absolute atomic E-state index is 13.3. The summed E-state index contributed by atoms with van der Waals surface area (Å²) in [5, 5.41) is 13.9. The van der Waals surface area contributed by atoms with Gasteiger partial charge in [-0.2, -0.15) is 4.31 Å². The van der Waals surface area contributed by atoms with E-state index in [1.807, 2.05) is 44.2 Å². The molecule has 1 unspecified atom stereocenters. The molecule has 0 aliphatic carbocycles. The van der Waals surface area contributed by atoms with Crippen LogP contribution in [-0.2, 0) is 25.9 Å². The van der Waals surface area contributed by atoms with Crippen molar-refractivity contribution in [2.24, 2.45) is 5.92 Å². The Labute approximate surface area is 201 Å². The van der Waals surface area contributed by atoms with Crippen molar-refractivity contribution in [1.29, 1.82) is 0 Å². The molecule has 1 aromatic carbocycles. The Hall–Kier alpha value is -2.53. The van der Waals surface area contributed by atoms with Crippen LogP contribution in [0.1, 0.15) is 25.8 Å². The first-order valence-corrected chi connectivity index (χ1v) is 12.9. The second-order valence-electron chi connectivity index (χ2n) is 8.80. The van der Waals surface area contributed by atoms with E-state index in [-0.39, 0.29) is 30.0 Å². The number of aliphatic hydroxyl groups excluding tert-OH is 1. The van der Waals surface area contributed by atoms with Gasteiger partial charge >= 0.3 is 6.09 Å². The lowest BCUT2D eigenvalue weighted by Crippen LogP contribution is -2.51. The van der Waals surface area contributed by atoms with Crippen LogP contribution >= 0.6 is 0 Å². The lowest BCUT2D eigenvalue weighted by Gasteiger charge is -2.30. The average Bonchev–Trinajstić information content (AvgIpc) is 3.32. The highest BCUT2D eigenvalue weighted by Crippen LogP contribution is 2.18. The number of hydrogen-bond acceptors (Lipinski definition) is 7. The third-order valence-corrected chi connectivity index (χ3v) is 7.27. The van der Waals surface area contributed by atoms with E-state index in [2.05, 4.69) is 10.3 Å². The van der Waals surface area contributed by atoms with Crippen LogP contribution in [0.15, 0.2) is 59.8 Å². The van der Waals surface area contributed by atoms with E-state index in [0.29, 0.717) is 26.1 Å². The summed E-state index contributed by atoms with van der Waals surface area (Å²) in [6, 6.07) is 11.6. The van der Waals surface area contributed by atoms with Crippen molar-refractivity contribution in [2.45, 2.75) is 49.8 Å². The van der Waals surface area contributed by atoms with Crippen LogP contribution in [0.2, 0.25) is 0 Å². The van der Waals surface area contributed by atoms with Gasteiger partial charge < -0.3 is 19.9 Å². The van der Waals surface area contributed by atoms with Crippen LogP contribution < -0.4 is 5.32 Å². The van der Waals surface area contributed by atoms with Crippen molar-refractivity contribution in [3.05, 3.63) is 60.4 Å². The lowest BCUT2D eigenvalue weighted by atomic mass is 10.0. The summed E-state index contributed by atoms with van der Waals surface area (Å²) < 4.78 is 38.5. The summed E-state index contributed by atoms with van der Waals surface area (Å²) in [5.41, 5.74) is 0.890. The number of nitrogens with zero attached hydrogens (tertiary/aromatic N) is 2. The standard InChI is InChI=1S/C24H33N3O6S/c1-18(2)15-27(34(30,31)21-9-6-11-25-14-21)16-23(28)22(13-19-7-4-3-5-8-19)26-24(29)33-20-10-12-32-17-20/h3-9,11,14,18,20,22-23,28H,10,12-13,15-17H2,1-2H3,(H,26,29)/t20-,22?,23-/m0/s1. The fourth-order valence-corrected chi connectivity index (χ4v) is 5.34. The summed E-state index contributed by atoms with van der Waals surface area (Å²) in [6.45, 7) is 4.68. The second-order valence-corrected chi connectivity index (χ2v) is 10.7. The molecule has 0 saturated carbocycles. The molecule has 2 aromatic rings. The molecule has 34 heavy (non-hydrogen) atoms. The largest absolute Gasteiger partial charge is 0.444 e. The van der Waals surface area contributed by atoms with Crippen molar-refractivity contribution < 1.29 is 27.8 Å². The number of amides is 1. The number of rotatable bonds is 11. The minimum atomic E-state index is -3.89. The minimum Gasteiger partial charge on any atom is -0.444 e. The van der Waals surface area contributed by atoms with Gasteiger partial charge in [0.15, 0.2) is 0 Å². The van der Waals surface area contributed by atoms with Gasteiger partial charge in [-0.15, -0.1) is 0 Å². The van der Waals surface area contributed by atoms with Crippen LogP contribution in [0.5, 0.6) is 0 Å². The molecule has 1 saturated heterocycles. The fraction of sp³-hybridized carbons (Fsp3) is 0.500. The van der Waals surface area contributed by atoms with E-state index in [1.165, 1.54) is 22.8 Å². The first-order chi connectivity index (χ1) is 16.3. The topological polar surface area (TPSA) is 118 Å². The number of carbonyl (C=O) groups is 1. The Balaban J connectivity index is 1.78. The number of benzene rings is 1. The SMILES string of the molecule is CC(C)CN(C[C@H](O)C(Cc1ccccc1)NC(=O)O[C@H]1CCOC1)S(=O)(=O)c1cccnc1. The molecule has 9 nitrogen and oxygen atoms in total. The van der Waals surface area contributed by atoms with Gasteiger partial charge in [-0.25, -0.2) is 13.2 Å². The molecule has 1 aliphatic heterocycles. The molecule has 0 bridgehead atoms. The molecule has 1 aromatic heterocycles. The molecular weight excluding hydrogens is 458 g/mol. The Morgan fingerprint density at radius 1 is 1.24 bits per heavy atom. The summed E-state index contributed by atoms with van der Waals surface area (Å²) in [6.07, 6.45) is 1.53. The Kier molecular flexibility index (Phi) is 9.40. The molecule has 0 spiro atoms. The molecule has 10 heteroatoms. The van der Waals surface area contributed by atoms with Crippen LogP contribution in [0, 0.1) is 5.92 Å². The zero-order valence-electron chi connectivity index (χ0n) is 19.5. The van der Waals surface area contributed by atoms with E-state index in [1.54, 1.807) is 6.07 Å². The summed E-state index contributed by atoms with van der Waals surface area (Å²) in [4.78, 5) is 16.5. The molecule has 1 fully saturated rings. The van der Waals surface area contributed by atoms with Gasteiger partial charge in [0.2, 0.25) is 10.0 Å². The minimum absolute atomic E-state index is 0.0199. The zero-order chi connectivity index (χ0) is 24.6. The highest BCUT2D eigenvalue weighted by atomic mass is 32.2. The Bertz CT molecular complexity index is 998. The predicted octanol–water partition coefficient (Wildman–Crippen LogP) is 2.22. The van der Waals surface area contributed by atoms with E-state index in [9.17, 15) is 18.3 Å². The van der Waals surface area contributed by atoms with Crippen molar-refractivity contribution in [2.75, 3.05) is 26.3 Å². The summed E-state index contributed by atoms with van der Waals surface area (Å²) in [5.74, 6) is 0.0199. The van der Waals surface area contributed by atoms with Gasteiger partial charge in [-0.1, -0.05) is 44.2 Å². The molecule has 0 radical (unpaired) electrons. The quantitative estimate of drug-likeness (QED) is 0.495. The van der Waals surface area contributed by atoms with Crippen molar-refractivity contribution in [3.8, 4) is 0 Å². The van der Waals surface area contributed by atoms with Crippen LogP contribution in [0.4, 0.5) is 4.79 Å². The van der Waals surface area contributed by atoms with Crippen molar-refractivity contribution >= 4 is 16.1 Å². The van der Waals surface area contributed by atoms with Gasteiger partial charge in [0.25, 0.3) is 0 Å². The van der Waals surface area contributed by atoms with Crippen LogP contribution in [0.3, 0.4) is 0 Å². The van der Waals surface area contributed by atoms with Gasteiger partial charge in [-0.05, 0) is 30.0 Å². The normalized spacial score (nSPS) is 18.1. The van der Waals surface area contributed by atoms with Gasteiger partial charge in [-0.3, -0.25) is 4.98 Å². The molecule has 1 amide bonds. The van der Waals surface area contributed by atoms with Gasteiger partial charge in [0, 0.05) is 31.9 Å². The molecule has 3 atom stereocenters. The Morgan fingerprint density at radius 3 is 2.62 bits per heavy atom. The number of carbonyl (C=O) groups excluding carboxylic acids is 1. The molecule has 2 N–H and O–H groups in total. The van der Waals surface area contributed by atoms with E-state index >= 15 is 0 Å². The molecule has 2 heterocycles. The number of hydrogen-bond donors (Lipinski definition) is 2. The highest BCUT2D eigenvalue weighted by molar-refractivity contribution is 7.89. The van der Waals surface area contributed by atoms with E-state index < -0.39 is 28.3 Å². The first kappa shape index (κ1) is 26.1. The molecular formula is C24H33N3O6S. The predicted molar refractivity (Wildman–Crippen MR) is 127 cm³/mol.